The Kier molecular flexibility index (Phi) is 5.47. The number of nitrogens with zero attached hydrogens (tertiary/aromatic N) is 5. The molecule has 1 aliphatic heterocycles. The summed E-state index contributed by atoms with van der Waals surface area (Å²) in [5.41, 5.74) is 2.99. The van der Waals surface area contributed by atoms with Crippen molar-refractivity contribution in [1.29, 1.82) is 0 Å². The molecule has 7 heteroatoms. The molecule has 3 heterocycles. The van der Waals surface area contributed by atoms with Crippen LogP contribution in [0.5, 0.6) is 0 Å². The average molecular weight is 393 g/mol. The summed E-state index contributed by atoms with van der Waals surface area (Å²) in [6.07, 6.45) is 7.24. The topological polar surface area (TPSA) is 73.0 Å². The Morgan fingerprint density at radius 2 is 1.90 bits per heavy atom. The molecule has 1 aromatic carbocycles. The zero-order valence-electron chi connectivity index (χ0n) is 17.0. The van der Waals surface area contributed by atoms with Gasteiger partial charge in [-0.3, -0.25) is 18.8 Å². The van der Waals surface area contributed by atoms with Crippen LogP contribution in [0.1, 0.15) is 30.4 Å². The summed E-state index contributed by atoms with van der Waals surface area (Å²) < 4.78 is 2.94. The van der Waals surface area contributed by atoms with Crippen molar-refractivity contribution in [2.75, 3.05) is 13.1 Å². The van der Waals surface area contributed by atoms with Crippen LogP contribution in [0.3, 0.4) is 0 Å². The number of piperidine rings is 1. The Morgan fingerprint density at radius 1 is 1.17 bits per heavy atom. The normalized spacial score (nSPS) is 15.2. The molecule has 0 radical (unpaired) electrons. The number of benzene rings is 1. The van der Waals surface area contributed by atoms with Gasteiger partial charge in [-0.05, 0) is 44.1 Å². The van der Waals surface area contributed by atoms with E-state index in [0.717, 1.165) is 38.8 Å². The lowest BCUT2D eigenvalue weighted by molar-refractivity contribution is -0.133. The van der Waals surface area contributed by atoms with E-state index in [1.807, 2.05) is 4.90 Å². The summed E-state index contributed by atoms with van der Waals surface area (Å²) in [6, 6.07) is 8.74. The molecule has 0 aliphatic carbocycles. The number of carbonyl (C=O) groups excluding carboxylic acids is 1. The fourth-order valence-electron chi connectivity index (χ4n) is 4.02. The van der Waals surface area contributed by atoms with Crippen LogP contribution in [0.25, 0.3) is 11.0 Å². The number of rotatable bonds is 5. The van der Waals surface area contributed by atoms with E-state index in [1.54, 1.807) is 11.7 Å². The smallest absolute Gasteiger partial charge is 0.264 e. The zero-order chi connectivity index (χ0) is 20.4. The lowest BCUT2D eigenvalue weighted by Gasteiger charge is -2.32. The molecule has 0 N–H and O–H groups in total. The molecular weight excluding hydrogens is 366 g/mol. The standard InChI is InChI=1S/C22H27N5O2/c1-16-3-5-17(6-4-16)7-8-18-9-11-26(12-10-18)20(28)14-27-15-23-21-19(22(27)29)13-24-25(21)2/h3-6,13,15,18H,7-12,14H2,1-2H3. The predicted octanol–water partition coefficient (Wildman–Crippen LogP) is 2.31. The second-order valence-corrected chi connectivity index (χ2v) is 8.03. The molecule has 1 saturated heterocycles. The van der Waals surface area contributed by atoms with Gasteiger partial charge in [0.2, 0.25) is 5.91 Å². The Hall–Kier alpha value is -2.96. The fourth-order valence-corrected chi connectivity index (χ4v) is 4.02. The molecule has 0 bridgehead atoms. The van der Waals surface area contributed by atoms with Crippen molar-refractivity contribution < 1.29 is 4.79 Å². The molecule has 2 aromatic heterocycles. The van der Waals surface area contributed by atoms with Gasteiger partial charge in [0.15, 0.2) is 5.65 Å². The molecule has 1 amide bonds. The summed E-state index contributed by atoms with van der Waals surface area (Å²) in [4.78, 5) is 31.4. The first kappa shape index (κ1) is 19.4. The van der Waals surface area contributed by atoms with E-state index in [4.69, 9.17) is 0 Å². The van der Waals surface area contributed by atoms with Gasteiger partial charge in [0, 0.05) is 20.1 Å². The second-order valence-electron chi connectivity index (χ2n) is 8.03. The number of carbonyl (C=O) groups is 1. The van der Waals surface area contributed by atoms with E-state index < -0.39 is 0 Å². The first-order valence-corrected chi connectivity index (χ1v) is 10.2. The van der Waals surface area contributed by atoms with Gasteiger partial charge in [0.25, 0.3) is 5.56 Å². The van der Waals surface area contributed by atoms with Gasteiger partial charge in [0.05, 0.1) is 6.20 Å². The van der Waals surface area contributed by atoms with Gasteiger partial charge in [0.1, 0.15) is 18.3 Å². The molecule has 0 saturated carbocycles. The Morgan fingerprint density at radius 3 is 2.62 bits per heavy atom. The van der Waals surface area contributed by atoms with Crippen molar-refractivity contribution in [3.8, 4) is 0 Å². The maximum Gasteiger partial charge on any atom is 0.264 e. The summed E-state index contributed by atoms with van der Waals surface area (Å²) in [5.74, 6) is 0.630. The van der Waals surface area contributed by atoms with E-state index in [-0.39, 0.29) is 18.0 Å². The molecule has 0 atom stereocenters. The SMILES string of the molecule is Cc1ccc(CCC2CCN(C(=O)Cn3cnc4c(cnn4C)c3=O)CC2)cc1. The van der Waals surface area contributed by atoms with Crippen LogP contribution >= 0.6 is 0 Å². The van der Waals surface area contributed by atoms with E-state index >= 15 is 0 Å². The largest absolute Gasteiger partial charge is 0.341 e. The molecule has 1 fully saturated rings. The molecule has 3 aromatic rings. The van der Waals surface area contributed by atoms with Gasteiger partial charge in [-0.15, -0.1) is 0 Å². The summed E-state index contributed by atoms with van der Waals surface area (Å²) in [7, 11) is 1.74. The molecule has 29 heavy (non-hydrogen) atoms. The van der Waals surface area contributed by atoms with Crippen molar-refractivity contribution in [2.45, 2.75) is 39.2 Å². The van der Waals surface area contributed by atoms with E-state index in [2.05, 4.69) is 41.3 Å². The lowest BCUT2D eigenvalue weighted by atomic mass is 9.90. The van der Waals surface area contributed by atoms with Crippen LogP contribution in [0, 0.1) is 12.8 Å². The quantitative estimate of drug-likeness (QED) is 0.667. The van der Waals surface area contributed by atoms with E-state index in [0.29, 0.717) is 17.0 Å². The third-order valence-corrected chi connectivity index (χ3v) is 5.95. The number of amides is 1. The van der Waals surface area contributed by atoms with Crippen LogP contribution in [0.2, 0.25) is 0 Å². The number of hydrogen-bond donors (Lipinski definition) is 0. The maximum absolute atomic E-state index is 12.7. The van der Waals surface area contributed by atoms with Gasteiger partial charge in [-0.2, -0.15) is 5.10 Å². The van der Waals surface area contributed by atoms with Crippen molar-refractivity contribution >= 4 is 16.9 Å². The Bertz CT molecular complexity index is 1060. The number of hydrogen-bond acceptors (Lipinski definition) is 4. The highest BCUT2D eigenvalue weighted by Gasteiger charge is 2.23. The summed E-state index contributed by atoms with van der Waals surface area (Å²) in [6.45, 7) is 3.66. The number of aryl methyl sites for hydroxylation is 3. The molecule has 152 valence electrons. The number of likely N-dealkylation sites (tertiary alicyclic amines) is 1. The second kappa shape index (κ2) is 8.19. The van der Waals surface area contributed by atoms with Crippen molar-refractivity contribution in [3.05, 3.63) is 58.3 Å². The Labute approximate surface area is 170 Å². The van der Waals surface area contributed by atoms with Crippen molar-refractivity contribution in [1.82, 2.24) is 24.2 Å². The first-order chi connectivity index (χ1) is 14.0. The minimum atomic E-state index is -0.218. The monoisotopic (exact) mass is 393 g/mol. The average Bonchev–Trinajstić information content (AvgIpc) is 3.11. The van der Waals surface area contributed by atoms with Crippen LogP contribution in [0.15, 0.2) is 41.6 Å². The third-order valence-electron chi connectivity index (χ3n) is 5.95. The first-order valence-electron chi connectivity index (χ1n) is 10.2. The zero-order valence-corrected chi connectivity index (χ0v) is 17.0. The molecule has 0 unspecified atom stereocenters. The Balaban J connectivity index is 1.30. The number of aromatic nitrogens is 4. The predicted molar refractivity (Wildman–Crippen MR) is 112 cm³/mol. The van der Waals surface area contributed by atoms with E-state index in [1.165, 1.54) is 28.2 Å². The van der Waals surface area contributed by atoms with Crippen LogP contribution in [0.4, 0.5) is 0 Å². The molecule has 0 spiro atoms. The third kappa shape index (κ3) is 4.23. The van der Waals surface area contributed by atoms with Crippen LogP contribution in [-0.2, 0) is 24.8 Å². The van der Waals surface area contributed by atoms with Crippen LogP contribution < -0.4 is 5.56 Å². The van der Waals surface area contributed by atoms with Gasteiger partial charge in [-0.1, -0.05) is 29.8 Å². The van der Waals surface area contributed by atoms with Gasteiger partial charge >= 0.3 is 0 Å². The minimum Gasteiger partial charge on any atom is -0.341 e. The van der Waals surface area contributed by atoms with Gasteiger partial charge in [-0.25, -0.2) is 4.98 Å². The molecule has 4 rings (SSSR count). The van der Waals surface area contributed by atoms with E-state index in [9.17, 15) is 9.59 Å². The highest BCUT2D eigenvalue weighted by atomic mass is 16.2. The van der Waals surface area contributed by atoms with Crippen molar-refractivity contribution in [2.24, 2.45) is 13.0 Å². The van der Waals surface area contributed by atoms with Crippen molar-refractivity contribution in [3.63, 3.8) is 0 Å². The lowest BCUT2D eigenvalue weighted by Crippen LogP contribution is -2.41. The maximum atomic E-state index is 12.7. The van der Waals surface area contributed by atoms with Gasteiger partial charge < -0.3 is 4.90 Å². The van der Waals surface area contributed by atoms with Crippen LogP contribution in [-0.4, -0.2) is 43.2 Å². The molecular formula is C22H27N5O2. The summed E-state index contributed by atoms with van der Waals surface area (Å²) >= 11 is 0. The minimum absolute atomic E-state index is 0.0193. The fraction of sp³-hybridized carbons (Fsp3) is 0.455. The molecule has 1 aliphatic rings. The number of fused-ring (bicyclic) bond motifs is 1. The highest BCUT2D eigenvalue weighted by molar-refractivity contribution is 5.77. The summed E-state index contributed by atoms with van der Waals surface area (Å²) in [5, 5.41) is 4.51. The highest BCUT2D eigenvalue weighted by Crippen LogP contribution is 2.23. The molecule has 7 nitrogen and oxygen atoms in total.